The molecule has 4 nitrogen and oxygen atoms in total. The summed E-state index contributed by atoms with van der Waals surface area (Å²) in [4.78, 5) is 11.8. The number of benzene rings is 1. The van der Waals surface area contributed by atoms with Gasteiger partial charge in [0.25, 0.3) is 5.56 Å². The predicted molar refractivity (Wildman–Crippen MR) is 81.3 cm³/mol. The molecule has 104 valence electrons. The van der Waals surface area contributed by atoms with Crippen molar-refractivity contribution in [3.8, 4) is 5.75 Å². The molecule has 0 saturated heterocycles. The maximum absolute atomic E-state index is 11.8. The fourth-order valence-electron chi connectivity index (χ4n) is 1.81. The van der Waals surface area contributed by atoms with E-state index >= 15 is 0 Å². The van der Waals surface area contributed by atoms with E-state index < -0.39 is 0 Å². The number of hydrogen-bond donors (Lipinski definition) is 1. The van der Waals surface area contributed by atoms with Crippen LogP contribution in [0.2, 0.25) is 10.0 Å². The summed E-state index contributed by atoms with van der Waals surface area (Å²) in [7, 11) is 0. The number of pyridine rings is 1. The summed E-state index contributed by atoms with van der Waals surface area (Å²) in [5.74, 6) is -0.127. The number of aromatic hydroxyl groups is 1. The van der Waals surface area contributed by atoms with Crippen molar-refractivity contribution in [1.82, 2.24) is 4.68 Å². The zero-order valence-electron chi connectivity index (χ0n) is 10.9. The molecule has 1 N–H and O–H groups in total. The van der Waals surface area contributed by atoms with Gasteiger partial charge in [0.05, 0.1) is 11.2 Å². The quantitative estimate of drug-likeness (QED) is 0.865. The number of hydrogen-bond acceptors (Lipinski definition) is 3. The molecule has 0 atom stereocenters. The Hall–Kier alpha value is -1.78. The zero-order chi connectivity index (χ0) is 14.9. The molecule has 0 amide bonds. The van der Waals surface area contributed by atoms with Gasteiger partial charge in [-0.3, -0.25) is 4.79 Å². The number of aromatic nitrogens is 1. The van der Waals surface area contributed by atoms with Crippen molar-refractivity contribution in [1.29, 1.82) is 0 Å². The maximum atomic E-state index is 11.8. The van der Waals surface area contributed by atoms with Gasteiger partial charge in [-0.15, -0.1) is 0 Å². The summed E-state index contributed by atoms with van der Waals surface area (Å²) in [6, 6.07) is 6.26. The number of aryl methyl sites for hydroxylation is 2. The third-order valence-corrected chi connectivity index (χ3v) is 3.21. The monoisotopic (exact) mass is 310 g/mol. The van der Waals surface area contributed by atoms with Gasteiger partial charge >= 0.3 is 0 Å². The molecule has 0 fully saturated rings. The van der Waals surface area contributed by atoms with E-state index in [1.54, 1.807) is 6.92 Å². The lowest BCUT2D eigenvalue weighted by Gasteiger charge is -2.05. The Morgan fingerprint density at radius 3 is 2.55 bits per heavy atom. The SMILES string of the molecule is Cc1cc(C)n(/N=C\c2cc(Cl)cc(Cl)c2O)c(=O)c1. The molecule has 0 radical (unpaired) electrons. The first-order valence-corrected chi connectivity index (χ1v) is 6.57. The van der Waals surface area contributed by atoms with Gasteiger partial charge in [0.1, 0.15) is 5.75 Å². The second-order valence-electron chi connectivity index (χ2n) is 4.39. The van der Waals surface area contributed by atoms with Crippen LogP contribution in [0.25, 0.3) is 0 Å². The van der Waals surface area contributed by atoms with Crippen LogP contribution in [-0.4, -0.2) is 16.0 Å². The summed E-state index contributed by atoms with van der Waals surface area (Å²) in [6.45, 7) is 3.61. The predicted octanol–water partition coefficient (Wildman–Crippen LogP) is 3.36. The number of phenols is 1. The van der Waals surface area contributed by atoms with Gasteiger partial charge in [0.2, 0.25) is 0 Å². The van der Waals surface area contributed by atoms with Crippen LogP contribution in [-0.2, 0) is 0 Å². The molecule has 0 unspecified atom stereocenters. The molecular formula is C14H12Cl2N2O2. The smallest absolute Gasteiger partial charge is 0.271 e. The minimum absolute atomic E-state index is 0.127. The molecule has 0 aliphatic carbocycles. The number of nitrogens with zero attached hydrogens (tertiary/aromatic N) is 2. The van der Waals surface area contributed by atoms with E-state index in [1.807, 2.05) is 13.0 Å². The van der Waals surface area contributed by atoms with E-state index in [1.165, 1.54) is 29.1 Å². The summed E-state index contributed by atoms with van der Waals surface area (Å²) >= 11 is 11.7. The topological polar surface area (TPSA) is 54.6 Å². The molecule has 1 heterocycles. The van der Waals surface area contributed by atoms with Crippen molar-refractivity contribution in [2.45, 2.75) is 13.8 Å². The van der Waals surface area contributed by atoms with Crippen molar-refractivity contribution in [2.75, 3.05) is 0 Å². The lowest BCUT2D eigenvalue weighted by Crippen LogP contribution is -2.18. The van der Waals surface area contributed by atoms with Crippen molar-refractivity contribution in [2.24, 2.45) is 5.10 Å². The minimum Gasteiger partial charge on any atom is -0.506 e. The van der Waals surface area contributed by atoms with Crippen LogP contribution >= 0.6 is 23.2 Å². The van der Waals surface area contributed by atoms with Crippen LogP contribution in [0.3, 0.4) is 0 Å². The van der Waals surface area contributed by atoms with E-state index in [0.717, 1.165) is 5.56 Å². The Bertz CT molecular complexity index is 752. The lowest BCUT2D eigenvalue weighted by atomic mass is 10.2. The van der Waals surface area contributed by atoms with Gasteiger partial charge in [0.15, 0.2) is 0 Å². The Balaban J connectivity index is 2.48. The Labute approximate surface area is 125 Å². The normalized spacial score (nSPS) is 11.2. The molecular weight excluding hydrogens is 299 g/mol. The van der Waals surface area contributed by atoms with Crippen LogP contribution in [0.4, 0.5) is 0 Å². The fourth-order valence-corrected chi connectivity index (χ4v) is 2.32. The first kappa shape index (κ1) is 14.6. The van der Waals surface area contributed by atoms with Gasteiger partial charge in [0, 0.05) is 22.3 Å². The average molecular weight is 311 g/mol. The first-order valence-electron chi connectivity index (χ1n) is 5.81. The van der Waals surface area contributed by atoms with E-state index in [4.69, 9.17) is 23.2 Å². The average Bonchev–Trinajstić information content (AvgIpc) is 2.33. The standard InChI is InChI=1S/C14H12Cl2N2O2/c1-8-3-9(2)18(13(19)4-8)17-7-10-5-11(15)6-12(16)14(10)20/h3-7,20H,1-2H3/b17-7-. The highest BCUT2D eigenvalue weighted by molar-refractivity contribution is 6.36. The first-order chi connectivity index (χ1) is 9.38. The molecule has 20 heavy (non-hydrogen) atoms. The summed E-state index contributed by atoms with van der Waals surface area (Å²) < 4.78 is 1.24. The van der Waals surface area contributed by atoms with Crippen molar-refractivity contribution < 1.29 is 5.11 Å². The van der Waals surface area contributed by atoms with E-state index in [2.05, 4.69) is 5.10 Å². The molecule has 0 spiro atoms. The lowest BCUT2D eigenvalue weighted by molar-refractivity contribution is 0.474. The minimum atomic E-state index is -0.244. The van der Waals surface area contributed by atoms with Crippen LogP contribution in [0.5, 0.6) is 5.75 Å². The Morgan fingerprint density at radius 2 is 1.90 bits per heavy atom. The summed E-state index contributed by atoms with van der Waals surface area (Å²) in [5.41, 5.74) is 1.66. The molecule has 2 rings (SSSR count). The second-order valence-corrected chi connectivity index (χ2v) is 5.24. The molecule has 1 aromatic heterocycles. The number of halogens is 2. The maximum Gasteiger partial charge on any atom is 0.271 e. The van der Waals surface area contributed by atoms with Crippen molar-refractivity contribution in [3.05, 3.63) is 61.5 Å². The highest BCUT2D eigenvalue weighted by Gasteiger charge is 2.06. The number of phenolic OH excluding ortho intramolecular Hbond substituents is 1. The summed E-state index contributed by atoms with van der Waals surface area (Å²) in [5, 5.41) is 14.4. The summed E-state index contributed by atoms with van der Waals surface area (Å²) in [6.07, 6.45) is 1.34. The highest BCUT2D eigenvalue weighted by Crippen LogP contribution is 2.29. The third-order valence-electron chi connectivity index (χ3n) is 2.70. The largest absolute Gasteiger partial charge is 0.506 e. The van der Waals surface area contributed by atoms with Crippen LogP contribution in [0.15, 0.2) is 34.2 Å². The van der Waals surface area contributed by atoms with E-state index in [0.29, 0.717) is 16.3 Å². The number of rotatable bonds is 2. The molecule has 0 aliphatic rings. The fraction of sp³-hybridized carbons (Fsp3) is 0.143. The molecule has 1 aromatic carbocycles. The van der Waals surface area contributed by atoms with Crippen molar-refractivity contribution in [3.63, 3.8) is 0 Å². The molecule has 0 saturated carbocycles. The van der Waals surface area contributed by atoms with Crippen LogP contribution in [0, 0.1) is 13.8 Å². The molecule has 0 aliphatic heterocycles. The zero-order valence-corrected chi connectivity index (χ0v) is 12.4. The molecule has 6 heteroatoms. The molecule has 0 bridgehead atoms. The third kappa shape index (κ3) is 3.03. The van der Waals surface area contributed by atoms with Crippen molar-refractivity contribution >= 4 is 29.4 Å². The Morgan fingerprint density at radius 1 is 1.20 bits per heavy atom. The van der Waals surface area contributed by atoms with E-state index in [9.17, 15) is 9.90 Å². The van der Waals surface area contributed by atoms with Crippen LogP contribution < -0.4 is 5.56 Å². The van der Waals surface area contributed by atoms with Gasteiger partial charge in [-0.05, 0) is 37.6 Å². The van der Waals surface area contributed by atoms with Gasteiger partial charge < -0.3 is 5.11 Å². The Kier molecular flexibility index (Phi) is 4.16. The second kappa shape index (κ2) is 5.69. The van der Waals surface area contributed by atoms with Gasteiger partial charge in [-0.2, -0.15) is 5.10 Å². The molecule has 2 aromatic rings. The van der Waals surface area contributed by atoms with E-state index in [-0.39, 0.29) is 16.3 Å². The van der Waals surface area contributed by atoms with Gasteiger partial charge in [-0.1, -0.05) is 23.2 Å². The van der Waals surface area contributed by atoms with Gasteiger partial charge in [-0.25, -0.2) is 4.68 Å². The highest BCUT2D eigenvalue weighted by atomic mass is 35.5. The van der Waals surface area contributed by atoms with Crippen LogP contribution in [0.1, 0.15) is 16.8 Å².